The summed E-state index contributed by atoms with van der Waals surface area (Å²) in [6.45, 7) is 5.16. The van der Waals surface area contributed by atoms with Crippen LogP contribution in [0.5, 0.6) is 0 Å². The summed E-state index contributed by atoms with van der Waals surface area (Å²) in [5.41, 5.74) is 2.56. The minimum Gasteiger partial charge on any atom is -0.324 e. The fourth-order valence-electron chi connectivity index (χ4n) is 3.63. The van der Waals surface area contributed by atoms with E-state index in [0.717, 1.165) is 21.7 Å². The Labute approximate surface area is 221 Å². The molecule has 0 spiro atoms. The van der Waals surface area contributed by atoms with Gasteiger partial charge < -0.3 is 5.32 Å². The predicted molar refractivity (Wildman–Crippen MR) is 145 cm³/mol. The number of carbonyl (C=O) groups excluding carboxylic acids is 1. The minimum absolute atomic E-state index is 0.0624. The Balaban J connectivity index is 1.79. The molecule has 0 aliphatic heterocycles. The van der Waals surface area contributed by atoms with Gasteiger partial charge in [0, 0.05) is 10.7 Å². The Hall–Kier alpha value is -2.79. The Morgan fingerprint density at radius 1 is 0.889 bits per heavy atom. The second-order valence-electron chi connectivity index (χ2n) is 8.32. The molecule has 0 bridgehead atoms. The van der Waals surface area contributed by atoms with Crippen molar-refractivity contribution in [2.45, 2.75) is 31.7 Å². The van der Waals surface area contributed by atoms with Crippen LogP contribution in [-0.4, -0.2) is 35.0 Å². The van der Waals surface area contributed by atoms with E-state index in [9.17, 15) is 21.6 Å². The SMILES string of the molecule is Cc1cc(C)cc(N([C@@H](C)C(=O)Nc2ccc(S(=O)(=O)Nc3ccc(Cl)cc3Cl)cc2)S(C)(=O)=O)c1. The summed E-state index contributed by atoms with van der Waals surface area (Å²) in [5, 5.41) is 3.15. The number of halogens is 2. The lowest BCUT2D eigenvalue weighted by Gasteiger charge is -2.28. The zero-order valence-electron chi connectivity index (χ0n) is 19.9. The van der Waals surface area contributed by atoms with Crippen LogP contribution in [0.2, 0.25) is 10.0 Å². The molecule has 0 unspecified atom stereocenters. The lowest BCUT2D eigenvalue weighted by atomic mass is 10.1. The van der Waals surface area contributed by atoms with Crippen molar-refractivity contribution in [1.82, 2.24) is 0 Å². The molecule has 3 aromatic carbocycles. The molecule has 0 aliphatic rings. The molecule has 0 fully saturated rings. The van der Waals surface area contributed by atoms with Crippen LogP contribution >= 0.6 is 23.2 Å². The van der Waals surface area contributed by atoms with Gasteiger partial charge in [-0.25, -0.2) is 16.8 Å². The van der Waals surface area contributed by atoms with Crippen LogP contribution in [0.25, 0.3) is 0 Å². The second kappa shape index (κ2) is 10.7. The number of hydrogen-bond donors (Lipinski definition) is 2. The van der Waals surface area contributed by atoms with Crippen molar-refractivity contribution in [3.63, 3.8) is 0 Å². The third-order valence-corrected chi connectivity index (χ3v) is 8.33. The van der Waals surface area contributed by atoms with E-state index in [1.807, 2.05) is 19.9 Å². The highest BCUT2D eigenvalue weighted by Crippen LogP contribution is 2.28. The van der Waals surface area contributed by atoms with Gasteiger partial charge in [-0.3, -0.25) is 13.8 Å². The molecule has 0 aromatic heterocycles. The van der Waals surface area contributed by atoms with Gasteiger partial charge in [0.1, 0.15) is 6.04 Å². The maximum Gasteiger partial charge on any atom is 0.261 e. The van der Waals surface area contributed by atoms with Gasteiger partial charge >= 0.3 is 0 Å². The van der Waals surface area contributed by atoms with Crippen LogP contribution in [0, 0.1) is 13.8 Å². The van der Waals surface area contributed by atoms with E-state index in [1.54, 1.807) is 12.1 Å². The third kappa shape index (κ3) is 6.70. The van der Waals surface area contributed by atoms with Crippen LogP contribution in [0.15, 0.2) is 65.6 Å². The number of carbonyl (C=O) groups is 1. The van der Waals surface area contributed by atoms with E-state index in [0.29, 0.717) is 16.4 Å². The number of nitrogens with one attached hydrogen (secondary N) is 2. The van der Waals surface area contributed by atoms with Gasteiger partial charge in [0.25, 0.3) is 10.0 Å². The highest BCUT2D eigenvalue weighted by atomic mass is 35.5. The van der Waals surface area contributed by atoms with E-state index in [1.165, 1.54) is 49.4 Å². The zero-order chi connectivity index (χ0) is 26.8. The maximum absolute atomic E-state index is 13.0. The first-order valence-electron chi connectivity index (χ1n) is 10.6. The first-order chi connectivity index (χ1) is 16.7. The molecule has 0 saturated carbocycles. The fraction of sp³-hybridized carbons (Fsp3) is 0.208. The van der Waals surface area contributed by atoms with Crippen molar-refractivity contribution in [3.8, 4) is 0 Å². The number of hydrogen-bond acceptors (Lipinski definition) is 5. The van der Waals surface area contributed by atoms with Gasteiger partial charge in [0.2, 0.25) is 15.9 Å². The first kappa shape index (κ1) is 27.8. The topological polar surface area (TPSA) is 113 Å². The molecule has 36 heavy (non-hydrogen) atoms. The van der Waals surface area contributed by atoms with Crippen LogP contribution in [0.1, 0.15) is 18.1 Å². The van der Waals surface area contributed by atoms with Crippen LogP contribution in [0.4, 0.5) is 17.1 Å². The van der Waals surface area contributed by atoms with Crippen LogP contribution in [0.3, 0.4) is 0 Å². The standard InChI is InChI=1S/C24H25Cl2N3O5S2/c1-15-11-16(2)13-20(12-15)29(35(4,31)32)17(3)24(30)27-19-6-8-21(9-7-19)36(33,34)28-23-10-5-18(25)14-22(23)26/h5-14,17,28H,1-4H3,(H,27,30)/t17-/m0/s1. The van der Waals surface area contributed by atoms with E-state index in [4.69, 9.17) is 23.2 Å². The normalized spacial score (nSPS) is 12.6. The van der Waals surface area contributed by atoms with Crippen molar-refractivity contribution >= 4 is 66.2 Å². The second-order valence-corrected chi connectivity index (χ2v) is 12.7. The highest BCUT2D eigenvalue weighted by Gasteiger charge is 2.29. The monoisotopic (exact) mass is 569 g/mol. The molecule has 0 radical (unpaired) electrons. The summed E-state index contributed by atoms with van der Waals surface area (Å²) in [5.74, 6) is -0.582. The summed E-state index contributed by atoms with van der Waals surface area (Å²) < 4.78 is 54.0. The molecule has 1 atom stereocenters. The molecule has 3 aromatic rings. The number of anilines is 3. The Morgan fingerprint density at radius 3 is 2.00 bits per heavy atom. The average Bonchev–Trinajstić information content (AvgIpc) is 2.74. The third-order valence-electron chi connectivity index (χ3n) is 5.16. The lowest BCUT2D eigenvalue weighted by molar-refractivity contribution is -0.116. The fourth-order valence-corrected chi connectivity index (χ4v) is 6.38. The van der Waals surface area contributed by atoms with Gasteiger partial charge in [0.05, 0.1) is 27.5 Å². The summed E-state index contributed by atoms with van der Waals surface area (Å²) in [4.78, 5) is 12.9. The molecule has 8 nitrogen and oxygen atoms in total. The number of aryl methyl sites for hydroxylation is 2. The minimum atomic E-state index is -3.97. The molecule has 1 amide bonds. The molecule has 0 heterocycles. The summed E-state index contributed by atoms with van der Waals surface area (Å²) in [6.07, 6.45) is 1.04. The highest BCUT2D eigenvalue weighted by molar-refractivity contribution is 7.92. The maximum atomic E-state index is 13.0. The van der Waals surface area contributed by atoms with Crippen molar-refractivity contribution in [1.29, 1.82) is 0 Å². The van der Waals surface area contributed by atoms with E-state index < -0.39 is 32.0 Å². The molecule has 0 saturated heterocycles. The van der Waals surface area contributed by atoms with E-state index in [2.05, 4.69) is 10.0 Å². The van der Waals surface area contributed by atoms with Crippen molar-refractivity contribution in [2.24, 2.45) is 0 Å². The molecular weight excluding hydrogens is 545 g/mol. The largest absolute Gasteiger partial charge is 0.324 e. The molecular formula is C24H25Cl2N3O5S2. The summed E-state index contributed by atoms with van der Waals surface area (Å²) in [6, 6.07) is 14.0. The van der Waals surface area contributed by atoms with Gasteiger partial charge in [-0.15, -0.1) is 0 Å². The lowest BCUT2D eigenvalue weighted by Crippen LogP contribution is -2.45. The van der Waals surface area contributed by atoms with Crippen LogP contribution in [-0.2, 0) is 24.8 Å². The van der Waals surface area contributed by atoms with E-state index >= 15 is 0 Å². The summed E-state index contributed by atoms with van der Waals surface area (Å²) in [7, 11) is -7.75. The van der Waals surface area contributed by atoms with Crippen LogP contribution < -0.4 is 14.3 Å². The Kier molecular flexibility index (Phi) is 8.24. The van der Waals surface area contributed by atoms with Gasteiger partial charge in [-0.2, -0.15) is 0 Å². The Bertz CT molecular complexity index is 1490. The number of sulfonamides is 2. The summed E-state index contributed by atoms with van der Waals surface area (Å²) >= 11 is 11.9. The van der Waals surface area contributed by atoms with Gasteiger partial charge in [0.15, 0.2) is 0 Å². The zero-order valence-corrected chi connectivity index (χ0v) is 23.1. The van der Waals surface area contributed by atoms with Gasteiger partial charge in [-0.1, -0.05) is 29.3 Å². The first-order valence-corrected chi connectivity index (χ1v) is 14.7. The van der Waals surface area contributed by atoms with Crippen molar-refractivity contribution < 1.29 is 21.6 Å². The Morgan fingerprint density at radius 2 is 1.47 bits per heavy atom. The number of benzene rings is 3. The molecule has 192 valence electrons. The molecule has 12 heteroatoms. The number of nitrogens with zero attached hydrogens (tertiary/aromatic N) is 1. The number of rotatable bonds is 8. The molecule has 0 aliphatic carbocycles. The van der Waals surface area contributed by atoms with Gasteiger partial charge in [-0.05, 0) is 86.5 Å². The number of amides is 1. The predicted octanol–water partition coefficient (Wildman–Crippen LogP) is 5.20. The van der Waals surface area contributed by atoms with Crippen molar-refractivity contribution in [3.05, 3.63) is 81.8 Å². The van der Waals surface area contributed by atoms with E-state index in [-0.39, 0.29) is 15.6 Å². The molecule has 3 rings (SSSR count). The molecule has 2 N–H and O–H groups in total. The quantitative estimate of drug-likeness (QED) is 0.387. The average molecular weight is 571 g/mol. The van der Waals surface area contributed by atoms with Crippen molar-refractivity contribution in [2.75, 3.05) is 20.6 Å². The smallest absolute Gasteiger partial charge is 0.261 e.